The lowest BCUT2D eigenvalue weighted by atomic mass is 9.97. The van der Waals surface area contributed by atoms with E-state index in [1.807, 2.05) is 42.5 Å². The standard InChI is InChI=1S/C22H18ClNO3/c1-3-13-27-21-19(22(25)26-2)14-18(15-7-5-4-6-8-15)20(24-21)16-9-11-17(23)12-10-16/h3-12,14H,1,13H2,2H3. The highest BCUT2D eigenvalue weighted by atomic mass is 35.5. The first-order valence-corrected chi connectivity index (χ1v) is 8.70. The van der Waals surface area contributed by atoms with Gasteiger partial charge in [-0.15, -0.1) is 0 Å². The van der Waals surface area contributed by atoms with Crippen molar-refractivity contribution in [3.63, 3.8) is 0 Å². The summed E-state index contributed by atoms with van der Waals surface area (Å²) >= 11 is 6.02. The summed E-state index contributed by atoms with van der Waals surface area (Å²) in [5.74, 6) is -0.312. The molecule has 0 saturated heterocycles. The Labute approximate surface area is 163 Å². The van der Waals surface area contributed by atoms with Crippen molar-refractivity contribution in [2.24, 2.45) is 0 Å². The van der Waals surface area contributed by atoms with Gasteiger partial charge in [-0.1, -0.05) is 66.7 Å². The van der Waals surface area contributed by atoms with Crippen LogP contribution >= 0.6 is 11.6 Å². The monoisotopic (exact) mass is 379 g/mol. The number of hydrogen-bond donors (Lipinski definition) is 0. The Hall–Kier alpha value is -3.11. The summed E-state index contributed by atoms with van der Waals surface area (Å²) in [6.45, 7) is 3.87. The third-order valence-corrected chi connectivity index (χ3v) is 4.19. The van der Waals surface area contributed by atoms with Crippen LogP contribution in [0.15, 0.2) is 73.3 Å². The van der Waals surface area contributed by atoms with Gasteiger partial charge in [-0.3, -0.25) is 0 Å². The number of hydrogen-bond acceptors (Lipinski definition) is 4. The Morgan fingerprint density at radius 3 is 2.44 bits per heavy atom. The van der Waals surface area contributed by atoms with Gasteiger partial charge in [0.2, 0.25) is 5.88 Å². The molecule has 0 saturated carbocycles. The van der Waals surface area contributed by atoms with Crippen LogP contribution in [0.5, 0.6) is 5.88 Å². The minimum Gasteiger partial charge on any atom is -0.473 e. The lowest BCUT2D eigenvalue weighted by Crippen LogP contribution is -2.09. The van der Waals surface area contributed by atoms with Crippen LogP contribution in [0.1, 0.15) is 10.4 Å². The summed E-state index contributed by atoms with van der Waals surface area (Å²) < 4.78 is 10.5. The van der Waals surface area contributed by atoms with E-state index in [1.54, 1.807) is 24.3 Å². The number of aromatic nitrogens is 1. The molecule has 0 radical (unpaired) electrons. The molecule has 0 spiro atoms. The first-order valence-electron chi connectivity index (χ1n) is 8.32. The minimum atomic E-state index is -0.513. The van der Waals surface area contributed by atoms with Gasteiger partial charge in [-0.2, -0.15) is 0 Å². The van der Waals surface area contributed by atoms with Crippen LogP contribution in [0.4, 0.5) is 0 Å². The van der Waals surface area contributed by atoms with E-state index in [-0.39, 0.29) is 18.1 Å². The van der Waals surface area contributed by atoms with Gasteiger partial charge in [0.15, 0.2) is 0 Å². The second-order valence-corrected chi connectivity index (χ2v) is 6.14. The van der Waals surface area contributed by atoms with Crippen molar-refractivity contribution in [3.8, 4) is 28.3 Å². The maximum Gasteiger partial charge on any atom is 0.343 e. The molecule has 0 aliphatic heterocycles. The van der Waals surface area contributed by atoms with Gasteiger partial charge in [0.05, 0.1) is 12.8 Å². The number of carbonyl (C=O) groups excluding carboxylic acids is 1. The van der Waals surface area contributed by atoms with Gasteiger partial charge in [0.1, 0.15) is 12.2 Å². The average Bonchev–Trinajstić information content (AvgIpc) is 2.72. The fourth-order valence-electron chi connectivity index (χ4n) is 2.67. The topological polar surface area (TPSA) is 48.4 Å². The zero-order chi connectivity index (χ0) is 19.2. The lowest BCUT2D eigenvalue weighted by Gasteiger charge is -2.15. The van der Waals surface area contributed by atoms with E-state index in [9.17, 15) is 4.79 Å². The zero-order valence-electron chi connectivity index (χ0n) is 14.8. The van der Waals surface area contributed by atoms with Gasteiger partial charge < -0.3 is 9.47 Å². The van der Waals surface area contributed by atoms with E-state index in [0.29, 0.717) is 10.7 Å². The largest absolute Gasteiger partial charge is 0.473 e. The predicted molar refractivity (Wildman–Crippen MR) is 107 cm³/mol. The van der Waals surface area contributed by atoms with Gasteiger partial charge in [-0.25, -0.2) is 9.78 Å². The third kappa shape index (κ3) is 4.18. The summed E-state index contributed by atoms with van der Waals surface area (Å²) in [6.07, 6.45) is 1.59. The van der Waals surface area contributed by atoms with Crippen molar-refractivity contribution < 1.29 is 14.3 Å². The third-order valence-electron chi connectivity index (χ3n) is 3.93. The predicted octanol–water partition coefficient (Wildman–Crippen LogP) is 5.42. The smallest absolute Gasteiger partial charge is 0.343 e. The number of pyridine rings is 1. The van der Waals surface area contributed by atoms with Crippen molar-refractivity contribution in [2.75, 3.05) is 13.7 Å². The molecule has 136 valence electrons. The molecule has 0 fully saturated rings. The second kappa shape index (κ2) is 8.52. The van der Waals surface area contributed by atoms with E-state index in [2.05, 4.69) is 11.6 Å². The van der Waals surface area contributed by atoms with E-state index in [0.717, 1.165) is 16.7 Å². The van der Waals surface area contributed by atoms with Crippen LogP contribution in [0, 0.1) is 0 Å². The van der Waals surface area contributed by atoms with Crippen LogP contribution in [-0.4, -0.2) is 24.7 Å². The van der Waals surface area contributed by atoms with Crippen LogP contribution in [-0.2, 0) is 4.74 Å². The normalized spacial score (nSPS) is 10.3. The molecule has 0 atom stereocenters. The number of benzene rings is 2. The molecule has 27 heavy (non-hydrogen) atoms. The Balaban J connectivity index is 2.26. The fourth-order valence-corrected chi connectivity index (χ4v) is 2.79. The average molecular weight is 380 g/mol. The molecule has 3 aromatic rings. The van der Waals surface area contributed by atoms with Crippen molar-refractivity contribution in [2.45, 2.75) is 0 Å². The van der Waals surface area contributed by atoms with Crippen LogP contribution in [0.3, 0.4) is 0 Å². The van der Waals surface area contributed by atoms with Crippen LogP contribution in [0.25, 0.3) is 22.4 Å². The first kappa shape index (κ1) is 18.7. The summed E-state index contributed by atoms with van der Waals surface area (Å²) in [5.41, 5.74) is 3.53. The van der Waals surface area contributed by atoms with E-state index < -0.39 is 5.97 Å². The molecule has 0 aliphatic rings. The highest BCUT2D eigenvalue weighted by molar-refractivity contribution is 6.30. The maximum absolute atomic E-state index is 12.3. The first-order chi connectivity index (χ1) is 13.1. The Bertz CT molecular complexity index is 953. The molecule has 0 unspecified atom stereocenters. The summed E-state index contributed by atoms with van der Waals surface area (Å²) in [7, 11) is 1.33. The molecule has 5 heteroatoms. The summed E-state index contributed by atoms with van der Waals surface area (Å²) in [4.78, 5) is 16.9. The number of carbonyl (C=O) groups is 1. The SMILES string of the molecule is C=CCOc1nc(-c2ccc(Cl)cc2)c(-c2ccccc2)cc1C(=O)OC. The van der Waals surface area contributed by atoms with Crippen LogP contribution < -0.4 is 4.74 Å². The molecule has 0 amide bonds. The van der Waals surface area contributed by atoms with E-state index in [4.69, 9.17) is 21.1 Å². The molecule has 4 nitrogen and oxygen atoms in total. The number of methoxy groups -OCH3 is 1. The highest BCUT2D eigenvalue weighted by Gasteiger charge is 2.21. The lowest BCUT2D eigenvalue weighted by molar-refractivity contribution is 0.0595. The highest BCUT2D eigenvalue weighted by Crippen LogP contribution is 2.35. The molecule has 1 aromatic heterocycles. The minimum absolute atomic E-state index is 0.200. The molecule has 1 heterocycles. The summed E-state index contributed by atoms with van der Waals surface area (Å²) in [5, 5.41) is 0.634. The van der Waals surface area contributed by atoms with Crippen molar-refractivity contribution in [1.29, 1.82) is 0 Å². The quantitative estimate of drug-likeness (QED) is 0.424. The van der Waals surface area contributed by atoms with E-state index >= 15 is 0 Å². The molecular weight excluding hydrogens is 362 g/mol. The van der Waals surface area contributed by atoms with Gasteiger partial charge in [0.25, 0.3) is 0 Å². The van der Waals surface area contributed by atoms with Crippen molar-refractivity contribution in [3.05, 3.63) is 83.9 Å². The van der Waals surface area contributed by atoms with Gasteiger partial charge in [0, 0.05) is 16.1 Å². The molecule has 0 N–H and O–H groups in total. The van der Waals surface area contributed by atoms with Gasteiger partial charge in [-0.05, 0) is 23.8 Å². The van der Waals surface area contributed by atoms with Crippen molar-refractivity contribution in [1.82, 2.24) is 4.98 Å². The number of halogens is 1. The number of nitrogens with zero attached hydrogens (tertiary/aromatic N) is 1. The number of esters is 1. The van der Waals surface area contributed by atoms with Crippen LogP contribution in [0.2, 0.25) is 5.02 Å². The fraction of sp³-hybridized carbons (Fsp3) is 0.0909. The Morgan fingerprint density at radius 2 is 1.81 bits per heavy atom. The Morgan fingerprint density at radius 1 is 1.11 bits per heavy atom. The zero-order valence-corrected chi connectivity index (χ0v) is 15.6. The molecule has 2 aromatic carbocycles. The molecule has 0 bridgehead atoms. The molecule has 0 aliphatic carbocycles. The molecular formula is C22H18ClNO3. The maximum atomic E-state index is 12.3. The molecule has 3 rings (SSSR count). The number of rotatable bonds is 6. The Kier molecular flexibility index (Phi) is 5.89. The number of ether oxygens (including phenoxy) is 2. The van der Waals surface area contributed by atoms with E-state index in [1.165, 1.54) is 7.11 Å². The second-order valence-electron chi connectivity index (χ2n) is 5.70. The summed E-state index contributed by atoms with van der Waals surface area (Å²) in [6, 6.07) is 18.8. The van der Waals surface area contributed by atoms with Crippen molar-refractivity contribution >= 4 is 17.6 Å². The van der Waals surface area contributed by atoms with Gasteiger partial charge >= 0.3 is 5.97 Å².